The zero-order chi connectivity index (χ0) is 12.8. The molecule has 0 aliphatic rings. The molecule has 0 heterocycles. The van der Waals surface area contributed by atoms with Crippen molar-refractivity contribution in [3.8, 4) is 0 Å². The third-order valence-electron chi connectivity index (χ3n) is 2.67. The third kappa shape index (κ3) is 3.19. The lowest BCUT2D eigenvalue weighted by molar-refractivity contribution is 0.932. The van der Waals surface area contributed by atoms with Gasteiger partial charge in [0.15, 0.2) is 0 Å². The van der Waals surface area contributed by atoms with Gasteiger partial charge in [-0.2, -0.15) is 0 Å². The molecule has 2 heteroatoms. The van der Waals surface area contributed by atoms with Crippen LogP contribution in [-0.2, 0) is 0 Å². The lowest BCUT2D eigenvalue weighted by atomic mass is 10.0. The average molecular weight is 349 g/mol. The van der Waals surface area contributed by atoms with Crippen molar-refractivity contribution in [1.82, 2.24) is 0 Å². The molecular weight excluding hydrogens is 333 g/mol. The number of benzene rings is 2. The zero-order valence-corrected chi connectivity index (χ0v) is 12.6. The molecule has 92 valence electrons. The van der Waals surface area contributed by atoms with Crippen LogP contribution in [0.25, 0.3) is 0 Å². The molecule has 0 amide bonds. The number of halogens is 1. The number of hydrogen-bond acceptors (Lipinski definition) is 1. The van der Waals surface area contributed by atoms with Crippen molar-refractivity contribution < 1.29 is 0 Å². The fourth-order valence-corrected chi connectivity index (χ4v) is 2.45. The van der Waals surface area contributed by atoms with Gasteiger partial charge in [0.25, 0.3) is 0 Å². The Kier molecular flexibility index (Phi) is 4.93. The maximum Gasteiger partial charge on any atom is 0.0729 e. The molecule has 0 fully saturated rings. The molecule has 1 nitrogen and oxygen atoms in total. The van der Waals surface area contributed by atoms with Gasteiger partial charge in [0.05, 0.1) is 5.71 Å². The van der Waals surface area contributed by atoms with Gasteiger partial charge in [0.1, 0.15) is 0 Å². The fourth-order valence-electron chi connectivity index (χ4n) is 1.80. The van der Waals surface area contributed by atoms with Crippen molar-refractivity contribution in [2.75, 3.05) is 6.54 Å². The fraction of sp³-hybridized carbons (Fsp3) is 0.188. The van der Waals surface area contributed by atoms with Crippen LogP contribution in [0.4, 0.5) is 0 Å². The molecule has 2 rings (SSSR count). The SMILES string of the molecule is CCCN=C(c1ccccc1)c1ccccc1I. The number of rotatable bonds is 4. The first-order valence-corrected chi connectivity index (χ1v) is 7.25. The summed E-state index contributed by atoms with van der Waals surface area (Å²) in [5, 5.41) is 0. The molecule has 2 aromatic rings. The maximum atomic E-state index is 4.76. The summed E-state index contributed by atoms with van der Waals surface area (Å²) in [4.78, 5) is 4.76. The Morgan fingerprint density at radius 3 is 2.33 bits per heavy atom. The molecule has 0 N–H and O–H groups in total. The summed E-state index contributed by atoms with van der Waals surface area (Å²) in [6, 6.07) is 18.8. The summed E-state index contributed by atoms with van der Waals surface area (Å²) >= 11 is 2.37. The van der Waals surface area contributed by atoms with Crippen LogP contribution in [0.3, 0.4) is 0 Å². The Hall–Kier alpha value is -1.16. The van der Waals surface area contributed by atoms with E-state index < -0.39 is 0 Å². The second-order valence-electron chi connectivity index (χ2n) is 4.08. The van der Waals surface area contributed by atoms with Crippen LogP contribution in [0.15, 0.2) is 59.6 Å². The molecule has 18 heavy (non-hydrogen) atoms. The van der Waals surface area contributed by atoms with Crippen LogP contribution in [0.2, 0.25) is 0 Å². The normalized spacial score (nSPS) is 11.6. The predicted molar refractivity (Wildman–Crippen MR) is 86.4 cm³/mol. The second kappa shape index (κ2) is 6.69. The van der Waals surface area contributed by atoms with Gasteiger partial charge in [-0.3, -0.25) is 4.99 Å². The van der Waals surface area contributed by atoms with E-state index in [0.29, 0.717) is 0 Å². The molecule has 0 atom stereocenters. The second-order valence-corrected chi connectivity index (χ2v) is 5.24. The Morgan fingerprint density at radius 2 is 1.67 bits per heavy atom. The maximum absolute atomic E-state index is 4.76. The summed E-state index contributed by atoms with van der Waals surface area (Å²) in [6.07, 6.45) is 1.07. The molecule has 0 saturated carbocycles. The molecule has 0 aliphatic heterocycles. The zero-order valence-electron chi connectivity index (χ0n) is 10.4. The summed E-state index contributed by atoms with van der Waals surface area (Å²) in [5.41, 5.74) is 3.51. The lowest BCUT2D eigenvalue weighted by Crippen LogP contribution is -2.06. The number of hydrogen-bond donors (Lipinski definition) is 0. The van der Waals surface area contributed by atoms with Crippen LogP contribution < -0.4 is 0 Å². The Labute approximate surface area is 122 Å². The van der Waals surface area contributed by atoms with Gasteiger partial charge in [-0.1, -0.05) is 55.5 Å². The molecule has 0 aliphatic carbocycles. The van der Waals surface area contributed by atoms with Crippen LogP contribution in [-0.4, -0.2) is 12.3 Å². The van der Waals surface area contributed by atoms with Crippen molar-refractivity contribution in [2.24, 2.45) is 4.99 Å². The van der Waals surface area contributed by atoms with E-state index in [4.69, 9.17) is 4.99 Å². The van der Waals surface area contributed by atoms with E-state index in [-0.39, 0.29) is 0 Å². The minimum absolute atomic E-state index is 0.870. The minimum atomic E-state index is 0.870. The van der Waals surface area contributed by atoms with Crippen molar-refractivity contribution >= 4 is 28.3 Å². The molecule has 0 radical (unpaired) electrons. The predicted octanol–water partition coefficient (Wildman–Crippen LogP) is 4.54. The van der Waals surface area contributed by atoms with Crippen LogP contribution in [0, 0.1) is 3.57 Å². The van der Waals surface area contributed by atoms with E-state index in [9.17, 15) is 0 Å². The molecule has 0 bridgehead atoms. The van der Waals surface area contributed by atoms with Crippen molar-refractivity contribution in [3.63, 3.8) is 0 Å². The van der Waals surface area contributed by atoms with Crippen molar-refractivity contribution in [2.45, 2.75) is 13.3 Å². The smallest absolute Gasteiger partial charge is 0.0729 e. The Bertz CT molecular complexity index is 532. The van der Waals surface area contributed by atoms with E-state index in [1.54, 1.807) is 0 Å². The topological polar surface area (TPSA) is 12.4 Å². The minimum Gasteiger partial charge on any atom is -0.284 e. The first kappa shape index (κ1) is 13.3. The monoisotopic (exact) mass is 349 g/mol. The van der Waals surface area contributed by atoms with Crippen LogP contribution in [0.1, 0.15) is 24.5 Å². The van der Waals surface area contributed by atoms with Crippen molar-refractivity contribution in [1.29, 1.82) is 0 Å². The van der Waals surface area contributed by atoms with Gasteiger partial charge in [-0.05, 0) is 35.1 Å². The standard InChI is InChI=1S/C16H16IN/c1-2-12-18-16(13-8-4-3-5-9-13)14-10-6-7-11-15(14)17/h3-11H,2,12H2,1H3. The molecule has 0 saturated heterocycles. The largest absolute Gasteiger partial charge is 0.284 e. The van der Waals surface area contributed by atoms with Gasteiger partial charge in [0.2, 0.25) is 0 Å². The van der Waals surface area contributed by atoms with Gasteiger partial charge in [-0.15, -0.1) is 0 Å². The van der Waals surface area contributed by atoms with Gasteiger partial charge in [0, 0.05) is 21.2 Å². The van der Waals surface area contributed by atoms with Gasteiger partial charge < -0.3 is 0 Å². The molecular formula is C16H16IN. The molecule has 0 aromatic heterocycles. The summed E-state index contributed by atoms with van der Waals surface area (Å²) in [5.74, 6) is 0. The summed E-state index contributed by atoms with van der Waals surface area (Å²) < 4.78 is 1.24. The number of nitrogens with zero attached hydrogens (tertiary/aromatic N) is 1. The van der Waals surface area contributed by atoms with Crippen LogP contribution >= 0.6 is 22.6 Å². The van der Waals surface area contributed by atoms with E-state index in [1.165, 1.54) is 14.7 Å². The molecule has 0 unspecified atom stereocenters. The first-order chi connectivity index (χ1) is 8.83. The lowest BCUT2D eigenvalue weighted by Gasteiger charge is -2.09. The summed E-state index contributed by atoms with van der Waals surface area (Å²) in [6.45, 7) is 3.03. The van der Waals surface area contributed by atoms with Crippen LogP contribution in [0.5, 0.6) is 0 Å². The highest BCUT2D eigenvalue weighted by molar-refractivity contribution is 14.1. The van der Waals surface area contributed by atoms with Crippen molar-refractivity contribution in [3.05, 3.63) is 69.3 Å². The third-order valence-corrected chi connectivity index (χ3v) is 3.61. The average Bonchev–Trinajstić information content (AvgIpc) is 2.42. The quantitative estimate of drug-likeness (QED) is 0.568. The molecule has 2 aromatic carbocycles. The van der Waals surface area contributed by atoms with Gasteiger partial charge in [-0.25, -0.2) is 0 Å². The first-order valence-electron chi connectivity index (χ1n) is 6.17. The highest BCUT2D eigenvalue weighted by atomic mass is 127. The Balaban J connectivity index is 2.48. The van der Waals surface area contributed by atoms with E-state index in [2.05, 4.69) is 78.0 Å². The Morgan fingerprint density at radius 1 is 1.00 bits per heavy atom. The van der Waals surface area contributed by atoms with E-state index >= 15 is 0 Å². The highest BCUT2D eigenvalue weighted by Gasteiger charge is 2.08. The molecule has 0 spiro atoms. The van der Waals surface area contributed by atoms with E-state index in [1.807, 2.05) is 6.07 Å². The number of aliphatic imine (C=N–C) groups is 1. The van der Waals surface area contributed by atoms with E-state index in [0.717, 1.165) is 18.7 Å². The summed E-state index contributed by atoms with van der Waals surface area (Å²) in [7, 11) is 0. The van der Waals surface area contributed by atoms with Gasteiger partial charge >= 0.3 is 0 Å². The highest BCUT2D eigenvalue weighted by Crippen LogP contribution is 2.17.